The smallest absolute Gasteiger partial charge is 0.330 e. The maximum Gasteiger partial charge on any atom is 0.330 e. The number of fused-ring (bicyclic) bond motifs is 1. The van der Waals surface area contributed by atoms with Crippen molar-refractivity contribution >= 4 is 5.97 Å². The van der Waals surface area contributed by atoms with Crippen molar-refractivity contribution in [3.05, 3.63) is 12.2 Å². The van der Waals surface area contributed by atoms with E-state index in [-0.39, 0.29) is 18.2 Å². The molecule has 54 valence electrons. The Morgan fingerprint density at radius 2 is 2.50 bits per heavy atom. The molecule has 3 nitrogen and oxygen atoms in total. The molecule has 0 bridgehead atoms. The molecule has 2 aliphatic rings. The van der Waals surface area contributed by atoms with Gasteiger partial charge in [-0.15, -0.1) is 0 Å². The van der Waals surface area contributed by atoms with Gasteiger partial charge in [0.25, 0.3) is 0 Å². The molecule has 0 radical (unpaired) electrons. The Balaban J connectivity index is 2.16. The Labute approximate surface area is 58.6 Å². The van der Waals surface area contributed by atoms with Gasteiger partial charge < -0.3 is 9.47 Å². The van der Waals surface area contributed by atoms with Crippen LogP contribution in [0.15, 0.2) is 12.2 Å². The molecule has 2 unspecified atom stereocenters. The zero-order chi connectivity index (χ0) is 6.97. The van der Waals surface area contributed by atoms with Crippen LogP contribution in [0.5, 0.6) is 0 Å². The zero-order valence-corrected chi connectivity index (χ0v) is 5.45. The molecule has 2 heterocycles. The summed E-state index contributed by atoms with van der Waals surface area (Å²) in [6.07, 6.45) is 4.03. The van der Waals surface area contributed by atoms with E-state index < -0.39 is 0 Å². The lowest BCUT2D eigenvalue weighted by atomic mass is 10.1. The van der Waals surface area contributed by atoms with E-state index in [9.17, 15) is 4.79 Å². The summed E-state index contributed by atoms with van der Waals surface area (Å²) in [5.41, 5.74) is 0. The first kappa shape index (κ1) is 5.92. The van der Waals surface area contributed by atoms with Gasteiger partial charge in [0.2, 0.25) is 0 Å². The number of carbonyl (C=O) groups excluding carboxylic acids is 1. The molecule has 2 aliphatic heterocycles. The average molecular weight is 140 g/mol. The van der Waals surface area contributed by atoms with E-state index in [1.165, 1.54) is 6.08 Å². The first-order valence-corrected chi connectivity index (χ1v) is 3.37. The number of hydrogen-bond acceptors (Lipinski definition) is 3. The number of carbonyl (C=O) groups is 1. The minimum Gasteiger partial charge on any atom is -0.456 e. The Kier molecular flexibility index (Phi) is 1.24. The number of rotatable bonds is 0. The molecule has 0 amide bonds. The highest BCUT2D eigenvalue weighted by molar-refractivity contribution is 5.83. The highest BCUT2D eigenvalue weighted by atomic mass is 16.6. The van der Waals surface area contributed by atoms with Gasteiger partial charge in [-0.1, -0.05) is 0 Å². The first-order valence-electron chi connectivity index (χ1n) is 3.37. The number of hydrogen-bond donors (Lipinski definition) is 0. The summed E-state index contributed by atoms with van der Waals surface area (Å²) in [6, 6.07) is 0. The summed E-state index contributed by atoms with van der Waals surface area (Å²) in [6.45, 7) is 0.701. The summed E-state index contributed by atoms with van der Waals surface area (Å²) >= 11 is 0. The molecule has 0 aromatic heterocycles. The van der Waals surface area contributed by atoms with Gasteiger partial charge in [0.15, 0.2) is 0 Å². The number of esters is 1. The van der Waals surface area contributed by atoms with Crippen LogP contribution in [-0.2, 0) is 14.3 Å². The van der Waals surface area contributed by atoms with Crippen molar-refractivity contribution < 1.29 is 14.3 Å². The van der Waals surface area contributed by atoms with Crippen LogP contribution < -0.4 is 0 Å². The summed E-state index contributed by atoms with van der Waals surface area (Å²) in [7, 11) is 0. The highest BCUT2D eigenvalue weighted by Crippen LogP contribution is 2.21. The maximum atomic E-state index is 10.6. The molecule has 0 saturated carbocycles. The lowest BCUT2D eigenvalue weighted by Crippen LogP contribution is -2.28. The van der Waals surface area contributed by atoms with Crippen molar-refractivity contribution in [2.24, 2.45) is 0 Å². The molecule has 0 aromatic carbocycles. The topological polar surface area (TPSA) is 35.5 Å². The first-order chi connectivity index (χ1) is 4.86. The second-order valence-electron chi connectivity index (χ2n) is 2.46. The number of ether oxygens (including phenoxy) is 2. The van der Waals surface area contributed by atoms with Crippen molar-refractivity contribution in [3.63, 3.8) is 0 Å². The lowest BCUT2D eigenvalue weighted by Gasteiger charge is -2.18. The van der Waals surface area contributed by atoms with Gasteiger partial charge in [0.1, 0.15) is 12.2 Å². The van der Waals surface area contributed by atoms with Crippen LogP contribution in [-0.4, -0.2) is 24.8 Å². The minimum absolute atomic E-state index is 0.0162. The quantitative estimate of drug-likeness (QED) is 0.453. The van der Waals surface area contributed by atoms with Crippen molar-refractivity contribution in [2.45, 2.75) is 18.6 Å². The normalized spacial score (nSPS) is 37.4. The molecule has 0 aromatic rings. The Morgan fingerprint density at radius 3 is 3.40 bits per heavy atom. The molecular formula is C7H8O3. The molecule has 1 saturated heterocycles. The van der Waals surface area contributed by atoms with Gasteiger partial charge in [-0.05, 0) is 6.08 Å². The maximum absolute atomic E-state index is 10.6. The molecule has 1 fully saturated rings. The van der Waals surface area contributed by atoms with Gasteiger partial charge >= 0.3 is 5.97 Å². The standard InChI is InChI=1S/C7H8O3/c8-7-2-1-5-6(10-7)3-4-9-5/h1-2,5-6H,3-4H2. The molecule has 0 N–H and O–H groups in total. The third-order valence-electron chi connectivity index (χ3n) is 1.77. The second-order valence-corrected chi connectivity index (χ2v) is 2.46. The fourth-order valence-electron chi connectivity index (χ4n) is 1.26. The predicted octanol–water partition coefficient (Wildman–Crippen LogP) is 0.257. The molecule has 0 spiro atoms. The molecule has 10 heavy (non-hydrogen) atoms. The van der Waals surface area contributed by atoms with E-state index in [2.05, 4.69) is 0 Å². The monoisotopic (exact) mass is 140 g/mol. The third kappa shape index (κ3) is 0.827. The zero-order valence-electron chi connectivity index (χ0n) is 5.45. The van der Waals surface area contributed by atoms with Crippen LogP contribution in [0.4, 0.5) is 0 Å². The van der Waals surface area contributed by atoms with Crippen LogP contribution in [0, 0.1) is 0 Å². The Bertz CT molecular complexity index is 185. The summed E-state index contributed by atoms with van der Waals surface area (Å²) < 4.78 is 10.2. The lowest BCUT2D eigenvalue weighted by molar-refractivity contribution is -0.146. The predicted molar refractivity (Wildman–Crippen MR) is 33.4 cm³/mol. The Hall–Kier alpha value is -0.830. The molecule has 0 aliphatic carbocycles. The molecule has 2 atom stereocenters. The van der Waals surface area contributed by atoms with E-state index >= 15 is 0 Å². The summed E-state index contributed by atoms with van der Waals surface area (Å²) in [4.78, 5) is 10.6. The van der Waals surface area contributed by atoms with Gasteiger partial charge in [-0.3, -0.25) is 0 Å². The van der Waals surface area contributed by atoms with Crippen LogP contribution in [0.3, 0.4) is 0 Å². The van der Waals surface area contributed by atoms with Gasteiger partial charge in [-0.2, -0.15) is 0 Å². The van der Waals surface area contributed by atoms with E-state index in [1.54, 1.807) is 6.08 Å². The average Bonchev–Trinajstić information content (AvgIpc) is 2.33. The SMILES string of the molecule is O=C1C=CC2OCCC2O1. The van der Waals surface area contributed by atoms with Crippen molar-refractivity contribution in [1.82, 2.24) is 0 Å². The van der Waals surface area contributed by atoms with Gasteiger partial charge in [0.05, 0.1) is 6.61 Å². The van der Waals surface area contributed by atoms with Gasteiger partial charge in [-0.25, -0.2) is 4.79 Å². The van der Waals surface area contributed by atoms with Crippen molar-refractivity contribution in [3.8, 4) is 0 Å². The minimum atomic E-state index is -0.244. The van der Waals surface area contributed by atoms with Crippen LogP contribution in [0.25, 0.3) is 0 Å². The third-order valence-corrected chi connectivity index (χ3v) is 1.77. The van der Waals surface area contributed by atoms with Crippen molar-refractivity contribution in [2.75, 3.05) is 6.61 Å². The second kappa shape index (κ2) is 2.09. The summed E-state index contributed by atoms with van der Waals surface area (Å²) in [5, 5.41) is 0. The van der Waals surface area contributed by atoms with Crippen LogP contribution >= 0.6 is 0 Å². The van der Waals surface area contributed by atoms with E-state index in [4.69, 9.17) is 9.47 Å². The molecule has 2 rings (SSSR count). The largest absolute Gasteiger partial charge is 0.456 e. The van der Waals surface area contributed by atoms with E-state index in [0.717, 1.165) is 6.42 Å². The summed E-state index contributed by atoms with van der Waals surface area (Å²) in [5.74, 6) is -0.244. The fraction of sp³-hybridized carbons (Fsp3) is 0.571. The highest BCUT2D eigenvalue weighted by Gasteiger charge is 2.31. The van der Waals surface area contributed by atoms with Crippen molar-refractivity contribution in [1.29, 1.82) is 0 Å². The Morgan fingerprint density at radius 1 is 1.60 bits per heavy atom. The van der Waals surface area contributed by atoms with E-state index in [0.29, 0.717) is 6.61 Å². The fourth-order valence-corrected chi connectivity index (χ4v) is 1.26. The van der Waals surface area contributed by atoms with Gasteiger partial charge in [0, 0.05) is 12.5 Å². The molecule has 3 heteroatoms. The molecular weight excluding hydrogens is 132 g/mol. The van der Waals surface area contributed by atoms with Crippen LogP contribution in [0.1, 0.15) is 6.42 Å². The van der Waals surface area contributed by atoms with Crippen LogP contribution in [0.2, 0.25) is 0 Å². The van der Waals surface area contributed by atoms with E-state index in [1.807, 2.05) is 0 Å².